The minimum atomic E-state index is 0.216. The van der Waals surface area contributed by atoms with Crippen LogP contribution in [0.3, 0.4) is 0 Å². The summed E-state index contributed by atoms with van der Waals surface area (Å²) in [6.45, 7) is 4.35. The SMILES string of the molecule is CC(C)NC(c1cncs1)c1nc2c(s1)CCC2. The Morgan fingerprint density at radius 3 is 2.89 bits per heavy atom. The van der Waals surface area contributed by atoms with Crippen molar-refractivity contribution in [2.45, 2.75) is 45.2 Å². The minimum Gasteiger partial charge on any atom is -0.301 e. The average Bonchev–Trinajstić information content (AvgIpc) is 3.01. The van der Waals surface area contributed by atoms with Crippen molar-refractivity contribution >= 4 is 22.7 Å². The molecule has 18 heavy (non-hydrogen) atoms. The van der Waals surface area contributed by atoms with E-state index in [9.17, 15) is 0 Å². The Balaban J connectivity index is 1.92. The molecule has 0 aliphatic heterocycles. The Bertz CT molecular complexity index is 495. The van der Waals surface area contributed by atoms with Crippen LogP contribution >= 0.6 is 22.7 Å². The van der Waals surface area contributed by atoms with Crippen LogP contribution in [0.1, 0.15) is 46.8 Å². The van der Waals surface area contributed by atoms with Crippen LogP contribution in [0, 0.1) is 0 Å². The largest absolute Gasteiger partial charge is 0.301 e. The van der Waals surface area contributed by atoms with Crippen molar-refractivity contribution in [1.82, 2.24) is 15.3 Å². The molecule has 0 bridgehead atoms. The van der Waals surface area contributed by atoms with Crippen molar-refractivity contribution in [3.63, 3.8) is 0 Å². The normalized spacial score (nSPS) is 16.2. The van der Waals surface area contributed by atoms with Gasteiger partial charge in [0.05, 0.1) is 17.2 Å². The first-order valence-electron chi connectivity index (χ1n) is 6.37. The summed E-state index contributed by atoms with van der Waals surface area (Å²) < 4.78 is 0. The number of rotatable bonds is 4. The van der Waals surface area contributed by atoms with Crippen molar-refractivity contribution in [1.29, 1.82) is 0 Å². The van der Waals surface area contributed by atoms with Crippen LogP contribution in [0.25, 0.3) is 0 Å². The fourth-order valence-corrected chi connectivity index (χ4v) is 4.30. The van der Waals surface area contributed by atoms with Crippen molar-refractivity contribution in [2.24, 2.45) is 0 Å². The third-order valence-electron chi connectivity index (χ3n) is 3.10. The van der Waals surface area contributed by atoms with Gasteiger partial charge in [0.2, 0.25) is 0 Å². The molecule has 5 heteroatoms. The highest BCUT2D eigenvalue weighted by Crippen LogP contribution is 2.34. The second kappa shape index (κ2) is 5.07. The lowest BCUT2D eigenvalue weighted by Gasteiger charge is -2.17. The Kier molecular flexibility index (Phi) is 3.46. The molecule has 1 N–H and O–H groups in total. The molecule has 1 atom stereocenters. The van der Waals surface area contributed by atoms with E-state index in [2.05, 4.69) is 24.1 Å². The van der Waals surface area contributed by atoms with Crippen molar-refractivity contribution < 1.29 is 0 Å². The molecule has 0 radical (unpaired) electrons. The summed E-state index contributed by atoms with van der Waals surface area (Å²) in [5.74, 6) is 0. The first-order valence-corrected chi connectivity index (χ1v) is 8.06. The standard InChI is InChI=1S/C13H17N3S2/c1-8(2)15-12(11-6-14-7-17-11)13-16-9-4-3-5-10(9)18-13/h6-8,12,15H,3-5H2,1-2H3. The summed E-state index contributed by atoms with van der Waals surface area (Å²) in [5, 5.41) is 4.81. The van der Waals surface area contributed by atoms with Gasteiger partial charge in [-0.15, -0.1) is 22.7 Å². The molecule has 96 valence electrons. The Morgan fingerprint density at radius 2 is 2.22 bits per heavy atom. The highest BCUT2D eigenvalue weighted by Gasteiger charge is 2.24. The van der Waals surface area contributed by atoms with Crippen molar-refractivity contribution in [3.05, 3.63) is 32.2 Å². The molecule has 0 spiro atoms. The van der Waals surface area contributed by atoms with Crippen LogP contribution in [-0.4, -0.2) is 16.0 Å². The van der Waals surface area contributed by atoms with Gasteiger partial charge in [0, 0.05) is 22.0 Å². The van der Waals surface area contributed by atoms with Gasteiger partial charge < -0.3 is 5.32 Å². The molecule has 2 aromatic rings. The van der Waals surface area contributed by atoms with Gasteiger partial charge in [0.25, 0.3) is 0 Å². The van der Waals surface area contributed by atoms with Gasteiger partial charge in [-0.2, -0.15) is 0 Å². The third kappa shape index (κ3) is 2.35. The number of aromatic nitrogens is 2. The third-order valence-corrected chi connectivity index (χ3v) is 5.16. The summed E-state index contributed by atoms with van der Waals surface area (Å²) in [4.78, 5) is 11.8. The second-order valence-electron chi connectivity index (χ2n) is 4.93. The number of fused-ring (bicyclic) bond motifs is 1. The van der Waals surface area contributed by atoms with Gasteiger partial charge in [-0.25, -0.2) is 4.98 Å². The maximum absolute atomic E-state index is 4.84. The van der Waals surface area contributed by atoms with Crippen molar-refractivity contribution in [3.8, 4) is 0 Å². The van der Waals surface area contributed by atoms with E-state index in [4.69, 9.17) is 4.98 Å². The molecule has 0 amide bonds. The number of aryl methyl sites for hydroxylation is 2. The van der Waals surface area contributed by atoms with Gasteiger partial charge >= 0.3 is 0 Å². The van der Waals surface area contributed by atoms with Crippen LogP contribution in [-0.2, 0) is 12.8 Å². The lowest BCUT2D eigenvalue weighted by molar-refractivity contribution is 0.531. The minimum absolute atomic E-state index is 0.216. The van der Waals surface area contributed by atoms with E-state index in [0.29, 0.717) is 6.04 Å². The molecule has 0 fully saturated rings. The zero-order chi connectivity index (χ0) is 12.5. The van der Waals surface area contributed by atoms with Gasteiger partial charge in [0.15, 0.2) is 0 Å². The van der Waals surface area contributed by atoms with Crippen LogP contribution in [0.2, 0.25) is 0 Å². The molecular weight excluding hydrogens is 262 g/mol. The predicted molar refractivity (Wildman–Crippen MR) is 76.4 cm³/mol. The van der Waals surface area contributed by atoms with Crippen molar-refractivity contribution in [2.75, 3.05) is 0 Å². The summed E-state index contributed by atoms with van der Waals surface area (Å²) in [7, 11) is 0. The van der Waals surface area contributed by atoms with E-state index in [-0.39, 0.29) is 6.04 Å². The predicted octanol–water partition coefficient (Wildman–Crippen LogP) is 3.18. The molecule has 1 unspecified atom stereocenters. The lowest BCUT2D eigenvalue weighted by Crippen LogP contribution is -2.28. The zero-order valence-corrected chi connectivity index (χ0v) is 12.3. The molecule has 3 rings (SSSR count). The molecule has 2 aromatic heterocycles. The maximum atomic E-state index is 4.84. The number of nitrogens with one attached hydrogen (secondary N) is 1. The highest BCUT2D eigenvalue weighted by molar-refractivity contribution is 7.12. The van der Waals surface area contributed by atoms with E-state index in [1.807, 2.05) is 23.0 Å². The van der Waals surface area contributed by atoms with Crippen LogP contribution in [0.4, 0.5) is 0 Å². The van der Waals surface area contributed by atoms with Gasteiger partial charge in [-0.05, 0) is 33.1 Å². The first kappa shape index (κ1) is 12.3. The number of thiazole rings is 2. The van der Waals surface area contributed by atoms with Crippen LogP contribution in [0.15, 0.2) is 11.7 Å². The summed E-state index contributed by atoms with van der Waals surface area (Å²) in [6, 6.07) is 0.656. The monoisotopic (exact) mass is 279 g/mol. The van der Waals surface area contributed by atoms with Gasteiger partial charge in [0.1, 0.15) is 5.01 Å². The summed E-state index contributed by atoms with van der Waals surface area (Å²) in [6.07, 6.45) is 5.60. The number of hydrogen-bond donors (Lipinski definition) is 1. The molecular formula is C13H17N3S2. The molecule has 3 nitrogen and oxygen atoms in total. The Morgan fingerprint density at radius 1 is 1.33 bits per heavy atom. The first-order chi connectivity index (χ1) is 8.74. The van der Waals surface area contributed by atoms with Crippen LogP contribution in [0.5, 0.6) is 0 Å². The van der Waals surface area contributed by atoms with E-state index in [0.717, 1.165) is 6.42 Å². The van der Waals surface area contributed by atoms with Gasteiger partial charge in [-0.1, -0.05) is 0 Å². The molecule has 1 aliphatic carbocycles. The zero-order valence-electron chi connectivity index (χ0n) is 10.6. The topological polar surface area (TPSA) is 37.8 Å². The summed E-state index contributed by atoms with van der Waals surface area (Å²) >= 11 is 3.58. The quantitative estimate of drug-likeness (QED) is 0.934. The highest BCUT2D eigenvalue weighted by atomic mass is 32.1. The fraction of sp³-hybridized carbons (Fsp3) is 0.538. The summed E-state index contributed by atoms with van der Waals surface area (Å²) in [5.41, 5.74) is 3.22. The maximum Gasteiger partial charge on any atom is 0.116 e. The molecule has 0 aromatic carbocycles. The Labute approximate surface area is 115 Å². The van der Waals surface area contributed by atoms with Gasteiger partial charge in [-0.3, -0.25) is 4.98 Å². The second-order valence-corrected chi connectivity index (χ2v) is 6.97. The van der Waals surface area contributed by atoms with E-state index in [1.165, 1.54) is 33.3 Å². The molecule has 0 saturated carbocycles. The van der Waals surface area contributed by atoms with E-state index >= 15 is 0 Å². The number of nitrogens with zero attached hydrogens (tertiary/aromatic N) is 2. The number of hydrogen-bond acceptors (Lipinski definition) is 5. The van der Waals surface area contributed by atoms with E-state index < -0.39 is 0 Å². The smallest absolute Gasteiger partial charge is 0.116 e. The van der Waals surface area contributed by atoms with Crippen LogP contribution < -0.4 is 5.32 Å². The Hall–Kier alpha value is -0.780. The molecule has 1 aliphatic rings. The molecule has 2 heterocycles. The van der Waals surface area contributed by atoms with E-state index in [1.54, 1.807) is 11.3 Å². The fourth-order valence-electron chi connectivity index (χ4n) is 2.31. The average molecular weight is 279 g/mol. The molecule has 0 saturated heterocycles. The lowest BCUT2D eigenvalue weighted by atomic mass is 10.2.